The van der Waals surface area contributed by atoms with Gasteiger partial charge in [-0.25, -0.2) is 0 Å². The molecule has 21 heavy (non-hydrogen) atoms. The van der Waals surface area contributed by atoms with Crippen molar-refractivity contribution in [1.29, 1.82) is 0 Å². The van der Waals surface area contributed by atoms with Crippen LogP contribution in [0.4, 0.5) is 0 Å². The number of carbonyl (C=O) groups excluding carboxylic acids is 2. The van der Waals surface area contributed by atoms with Crippen molar-refractivity contribution in [2.24, 2.45) is 5.92 Å². The van der Waals surface area contributed by atoms with Gasteiger partial charge in [-0.05, 0) is 33.1 Å². The molecule has 2 amide bonds. The molecule has 0 bridgehead atoms. The van der Waals surface area contributed by atoms with Gasteiger partial charge in [0.1, 0.15) is 12.1 Å². The van der Waals surface area contributed by atoms with Crippen molar-refractivity contribution >= 4 is 11.8 Å². The summed E-state index contributed by atoms with van der Waals surface area (Å²) in [4.78, 5) is 26.6. The molecule has 3 unspecified atom stereocenters. The van der Waals surface area contributed by atoms with Crippen molar-refractivity contribution in [2.45, 2.75) is 72.1 Å². The van der Waals surface area contributed by atoms with E-state index < -0.39 is 6.04 Å². The van der Waals surface area contributed by atoms with Gasteiger partial charge in [-0.3, -0.25) is 9.59 Å². The second-order valence-corrected chi connectivity index (χ2v) is 6.79. The summed E-state index contributed by atoms with van der Waals surface area (Å²) < 4.78 is 5.72. The summed E-state index contributed by atoms with van der Waals surface area (Å²) in [5.41, 5.74) is -0.239. The highest BCUT2D eigenvalue weighted by molar-refractivity contribution is 5.97. The van der Waals surface area contributed by atoms with Gasteiger partial charge in [-0.1, -0.05) is 27.2 Å². The molecule has 0 spiro atoms. The minimum Gasteiger partial charge on any atom is -0.374 e. The maximum absolute atomic E-state index is 12.5. The zero-order chi connectivity index (χ0) is 16.2. The van der Waals surface area contributed by atoms with Crippen molar-refractivity contribution < 1.29 is 14.3 Å². The number of hydrogen-bond acceptors (Lipinski definition) is 3. The Morgan fingerprint density at radius 2 is 1.90 bits per heavy atom. The number of rotatable bonds is 6. The summed E-state index contributed by atoms with van der Waals surface area (Å²) in [6, 6.07) is -0.777. The van der Waals surface area contributed by atoms with Crippen molar-refractivity contribution in [3.63, 3.8) is 0 Å². The Morgan fingerprint density at radius 1 is 1.29 bits per heavy atom. The molecule has 1 fully saturated rings. The molecule has 122 valence electrons. The zero-order valence-electron chi connectivity index (χ0n) is 14.2. The third-order valence-electron chi connectivity index (χ3n) is 3.96. The zero-order valence-corrected chi connectivity index (χ0v) is 14.2. The molecule has 1 rings (SSSR count). The van der Waals surface area contributed by atoms with Crippen LogP contribution in [0.5, 0.6) is 0 Å². The normalized spacial score (nSPS) is 25.0. The Morgan fingerprint density at radius 3 is 2.38 bits per heavy atom. The van der Waals surface area contributed by atoms with Gasteiger partial charge in [-0.15, -0.1) is 0 Å². The highest BCUT2D eigenvalue weighted by Crippen LogP contribution is 2.21. The van der Waals surface area contributed by atoms with Gasteiger partial charge >= 0.3 is 0 Å². The predicted molar refractivity (Wildman–Crippen MR) is 82.9 cm³/mol. The number of hydrogen-bond donors (Lipinski definition) is 1. The van der Waals surface area contributed by atoms with Crippen LogP contribution in [0.2, 0.25) is 0 Å². The SMILES string of the molecule is CCC1NC(=O)C(C(C)CC)N(CCOC(C)(C)C)C1=O. The second-order valence-electron chi connectivity index (χ2n) is 6.79. The number of carbonyl (C=O) groups is 2. The van der Waals surface area contributed by atoms with Crippen LogP contribution in [0.3, 0.4) is 0 Å². The Bertz CT molecular complexity index is 376. The molecule has 1 N–H and O–H groups in total. The average Bonchev–Trinajstić information content (AvgIpc) is 2.40. The molecule has 5 heteroatoms. The summed E-state index contributed by atoms with van der Waals surface area (Å²) in [5, 5.41) is 2.85. The number of amides is 2. The molecule has 1 aliphatic heterocycles. The second kappa shape index (κ2) is 7.25. The van der Waals surface area contributed by atoms with Crippen molar-refractivity contribution in [3.8, 4) is 0 Å². The van der Waals surface area contributed by atoms with Crippen LogP contribution in [-0.4, -0.2) is 47.6 Å². The van der Waals surface area contributed by atoms with Gasteiger partial charge in [0.05, 0.1) is 12.2 Å². The largest absolute Gasteiger partial charge is 0.374 e. The Balaban J connectivity index is 2.83. The van der Waals surface area contributed by atoms with Gasteiger partial charge < -0.3 is 15.0 Å². The van der Waals surface area contributed by atoms with E-state index in [1.54, 1.807) is 4.90 Å². The minimum absolute atomic E-state index is 0.0138. The van der Waals surface area contributed by atoms with Crippen LogP contribution < -0.4 is 5.32 Å². The van der Waals surface area contributed by atoms with Crippen LogP contribution in [0.1, 0.15) is 54.4 Å². The molecule has 1 saturated heterocycles. The van der Waals surface area contributed by atoms with Crippen molar-refractivity contribution in [1.82, 2.24) is 10.2 Å². The third kappa shape index (κ3) is 4.70. The molecule has 1 heterocycles. The number of nitrogens with one attached hydrogen (secondary N) is 1. The van der Waals surface area contributed by atoms with Gasteiger partial charge in [0.25, 0.3) is 0 Å². The van der Waals surface area contributed by atoms with E-state index in [4.69, 9.17) is 4.74 Å². The van der Waals surface area contributed by atoms with Gasteiger partial charge in [0, 0.05) is 6.54 Å². The first-order chi connectivity index (χ1) is 9.71. The van der Waals surface area contributed by atoms with Crippen molar-refractivity contribution in [2.75, 3.05) is 13.2 Å². The Labute approximate surface area is 128 Å². The summed E-state index contributed by atoms with van der Waals surface area (Å²) >= 11 is 0. The smallest absolute Gasteiger partial charge is 0.245 e. The monoisotopic (exact) mass is 298 g/mol. The fourth-order valence-corrected chi connectivity index (χ4v) is 2.56. The maximum atomic E-state index is 12.5. The average molecular weight is 298 g/mol. The number of nitrogens with zero attached hydrogens (tertiary/aromatic N) is 1. The summed E-state index contributed by atoms with van der Waals surface area (Å²) in [5.74, 6) is 0.118. The fraction of sp³-hybridized carbons (Fsp3) is 0.875. The molecule has 0 radical (unpaired) electrons. The van der Waals surface area contributed by atoms with E-state index in [2.05, 4.69) is 5.32 Å². The third-order valence-corrected chi connectivity index (χ3v) is 3.96. The highest BCUT2D eigenvalue weighted by atomic mass is 16.5. The summed E-state index contributed by atoms with van der Waals surface area (Å²) in [6.45, 7) is 12.8. The van der Waals surface area contributed by atoms with Crippen LogP contribution in [-0.2, 0) is 14.3 Å². The lowest BCUT2D eigenvalue weighted by Gasteiger charge is -2.41. The summed E-state index contributed by atoms with van der Waals surface area (Å²) in [6.07, 6.45) is 1.48. The quantitative estimate of drug-likeness (QED) is 0.815. The Hall–Kier alpha value is -1.10. The molecular formula is C16H30N2O3. The van der Waals surface area contributed by atoms with E-state index in [0.717, 1.165) is 6.42 Å². The molecule has 3 atom stereocenters. The molecule has 0 aromatic rings. The summed E-state index contributed by atoms with van der Waals surface area (Å²) in [7, 11) is 0. The maximum Gasteiger partial charge on any atom is 0.245 e. The van der Waals surface area contributed by atoms with E-state index in [1.165, 1.54) is 0 Å². The van der Waals surface area contributed by atoms with Gasteiger partial charge in [-0.2, -0.15) is 0 Å². The topological polar surface area (TPSA) is 58.6 Å². The fourth-order valence-electron chi connectivity index (χ4n) is 2.56. The van der Waals surface area contributed by atoms with E-state index >= 15 is 0 Å². The Kier molecular flexibility index (Phi) is 6.20. The standard InChI is InChI=1S/C16H30N2O3/c1-7-11(3)13-14(19)17-12(8-2)15(20)18(13)9-10-21-16(4,5)6/h11-13H,7-10H2,1-6H3,(H,17,19). The van der Waals surface area contributed by atoms with Gasteiger partial charge in [0.15, 0.2) is 0 Å². The molecule has 1 aliphatic rings. The molecule has 5 nitrogen and oxygen atoms in total. The van der Waals surface area contributed by atoms with E-state index in [-0.39, 0.29) is 29.4 Å². The predicted octanol–water partition coefficient (Wildman–Crippen LogP) is 1.95. The lowest BCUT2D eigenvalue weighted by atomic mass is 9.93. The lowest BCUT2D eigenvalue weighted by Crippen LogP contribution is -2.65. The molecule has 0 aliphatic carbocycles. The van der Waals surface area contributed by atoms with Crippen molar-refractivity contribution in [3.05, 3.63) is 0 Å². The van der Waals surface area contributed by atoms with E-state index in [0.29, 0.717) is 19.6 Å². The first-order valence-corrected chi connectivity index (χ1v) is 7.96. The van der Waals surface area contributed by atoms with E-state index in [1.807, 2.05) is 41.5 Å². The minimum atomic E-state index is -0.396. The highest BCUT2D eigenvalue weighted by Gasteiger charge is 2.41. The molecule has 0 aromatic heterocycles. The first kappa shape index (κ1) is 18.0. The molecule has 0 saturated carbocycles. The number of ether oxygens (including phenoxy) is 1. The van der Waals surface area contributed by atoms with Crippen LogP contribution in [0.15, 0.2) is 0 Å². The van der Waals surface area contributed by atoms with Crippen LogP contribution in [0.25, 0.3) is 0 Å². The number of piperazine rings is 1. The lowest BCUT2D eigenvalue weighted by molar-refractivity contribution is -0.153. The van der Waals surface area contributed by atoms with Crippen LogP contribution in [0, 0.1) is 5.92 Å². The van der Waals surface area contributed by atoms with Gasteiger partial charge in [0.2, 0.25) is 11.8 Å². The first-order valence-electron chi connectivity index (χ1n) is 7.96. The van der Waals surface area contributed by atoms with Crippen LogP contribution >= 0.6 is 0 Å². The van der Waals surface area contributed by atoms with E-state index in [9.17, 15) is 9.59 Å². The molecule has 0 aromatic carbocycles. The molecular weight excluding hydrogens is 268 g/mol.